The van der Waals surface area contributed by atoms with Gasteiger partial charge in [-0.2, -0.15) is 0 Å². The van der Waals surface area contributed by atoms with Gasteiger partial charge in [-0.15, -0.1) is 0 Å². The second-order valence-electron chi connectivity index (χ2n) is 8.12. The zero-order valence-electron chi connectivity index (χ0n) is 16.4. The van der Waals surface area contributed by atoms with E-state index in [9.17, 15) is 14.7 Å². The number of carbonyl (C=O) groups is 2. The van der Waals surface area contributed by atoms with Gasteiger partial charge in [0.05, 0.1) is 18.4 Å². The van der Waals surface area contributed by atoms with Crippen LogP contribution in [0.3, 0.4) is 0 Å². The van der Waals surface area contributed by atoms with Crippen LogP contribution < -0.4 is 0 Å². The third-order valence-electron chi connectivity index (χ3n) is 5.25. The third kappa shape index (κ3) is 7.98. The molecular formula is C20H36O4. The summed E-state index contributed by atoms with van der Waals surface area (Å²) in [7, 11) is 1.33. The molecule has 2 atom stereocenters. The summed E-state index contributed by atoms with van der Waals surface area (Å²) in [5.41, 5.74) is 0.607. The van der Waals surface area contributed by atoms with Crippen molar-refractivity contribution in [1.82, 2.24) is 0 Å². The Balaban J connectivity index is 4.47. The maximum Gasteiger partial charge on any atom is 0.309 e. The van der Waals surface area contributed by atoms with Crippen LogP contribution in [0.5, 0.6) is 0 Å². The second-order valence-corrected chi connectivity index (χ2v) is 8.12. The molecule has 0 aliphatic rings. The van der Waals surface area contributed by atoms with Gasteiger partial charge in [-0.25, -0.2) is 0 Å². The Morgan fingerprint density at radius 1 is 1.17 bits per heavy atom. The number of rotatable bonds is 12. The Hall–Kier alpha value is -1.32. The minimum absolute atomic E-state index is 0.296. The van der Waals surface area contributed by atoms with Crippen LogP contribution in [0.4, 0.5) is 0 Å². The van der Waals surface area contributed by atoms with Gasteiger partial charge in [0.1, 0.15) is 0 Å². The SMILES string of the molecule is C=C(CCCC(C)(CC(C)C(=O)OC)C(=O)O)CCC(C)(C)CC. The van der Waals surface area contributed by atoms with Crippen LogP contribution >= 0.6 is 0 Å². The number of carboxylic acids is 1. The molecule has 0 saturated carbocycles. The number of carboxylic acid groups (broad SMARTS) is 1. The molecule has 140 valence electrons. The predicted molar refractivity (Wildman–Crippen MR) is 97.8 cm³/mol. The van der Waals surface area contributed by atoms with E-state index in [2.05, 4.69) is 27.4 Å². The summed E-state index contributed by atoms with van der Waals surface area (Å²) in [4.78, 5) is 23.2. The van der Waals surface area contributed by atoms with E-state index in [1.54, 1.807) is 13.8 Å². The second kappa shape index (κ2) is 9.85. The first kappa shape index (κ1) is 22.7. The summed E-state index contributed by atoms with van der Waals surface area (Å²) >= 11 is 0. The Morgan fingerprint density at radius 2 is 1.75 bits per heavy atom. The molecular weight excluding hydrogens is 304 g/mol. The fourth-order valence-electron chi connectivity index (χ4n) is 2.80. The van der Waals surface area contributed by atoms with Crippen LogP contribution in [-0.4, -0.2) is 24.2 Å². The molecule has 2 unspecified atom stereocenters. The number of carbonyl (C=O) groups excluding carboxylic acids is 1. The van der Waals surface area contributed by atoms with Crippen molar-refractivity contribution in [2.75, 3.05) is 7.11 Å². The largest absolute Gasteiger partial charge is 0.481 e. The van der Waals surface area contributed by atoms with Crippen LogP contribution in [0.25, 0.3) is 0 Å². The summed E-state index contributed by atoms with van der Waals surface area (Å²) in [6.45, 7) is 14.3. The molecule has 24 heavy (non-hydrogen) atoms. The van der Waals surface area contributed by atoms with Crippen LogP contribution in [0.15, 0.2) is 12.2 Å². The highest BCUT2D eigenvalue weighted by atomic mass is 16.5. The van der Waals surface area contributed by atoms with Gasteiger partial charge in [0.2, 0.25) is 0 Å². The van der Waals surface area contributed by atoms with Gasteiger partial charge in [-0.3, -0.25) is 9.59 Å². The highest BCUT2D eigenvalue weighted by Crippen LogP contribution is 2.34. The summed E-state index contributed by atoms with van der Waals surface area (Å²) in [6, 6.07) is 0. The number of allylic oxidation sites excluding steroid dienone is 1. The maximum atomic E-state index is 11.7. The number of ether oxygens (including phenoxy) is 1. The number of hydrogen-bond donors (Lipinski definition) is 1. The molecule has 4 heteroatoms. The highest BCUT2D eigenvalue weighted by molar-refractivity contribution is 5.77. The molecule has 0 aromatic heterocycles. The minimum atomic E-state index is -0.906. The third-order valence-corrected chi connectivity index (χ3v) is 5.25. The quantitative estimate of drug-likeness (QED) is 0.391. The van der Waals surface area contributed by atoms with Crippen LogP contribution in [0.2, 0.25) is 0 Å². The summed E-state index contributed by atoms with van der Waals surface area (Å²) in [5.74, 6) is -1.62. The van der Waals surface area contributed by atoms with Crippen molar-refractivity contribution in [2.45, 2.75) is 79.6 Å². The molecule has 4 nitrogen and oxygen atoms in total. The van der Waals surface area contributed by atoms with E-state index in [4.69, 9.17) is 4.74 Å². The molecule has 0 aromatic carbocycles. The molecule has 1 N–H and O–H groups in total. The lowest BCUT2D eigenvalue weighted by Crippen LogP contribution is -2.32. The Kier molecular flexibility index (Phi) is 9.31. The van der Waals surface area contributed by atoms with Crippen LogP contribution in [0.1, 0.15) is 79.6 Å². The van der Waals surface area contributed by atoms with Gasteiger partial charge in [0.15, 0.2) is 0 Å². The first-order chi connectivity index (χ1) is 11.0. The summed E-state index contributed by atoms with van der Waals surface area (Å²) < 4.78 is 4.71. The van der Waals surface area contributed by atoms with E-state index in [-0.39, 0.29) is 5.97 Å². The standard InChI is InChI=1S/C20H36O4/c1-8-19(4,5)13-11-15(2)10-9-12-20(6,18(22)23)14-16(3)17(21)24-7/h16H,2,8-14H2,1,3-7H3,(H,22,23). The fraction of sp³-hybridized carbons (Fsp3) is 0.800. The maximum absolute atomic E-state index is 11.7. The Morgan fingerprint density at radius 3 is 2.21 bits per heavy atom. The Bertz CT molecular complexity index is 439. The van der Waals surface area contributed by atoms with Crippen molar-refractivity contribution in [3.05, 3.63) is 12.2 Å². The minimum Gasteiger partial charge on any atom is -0.481 e. The van der Waals surface area contributed by atoms with Crippen molar-refractivity contribution >= 4 is 11.9 Å². The van der Waals surface area contributed by atoms with E-state index < -0.39 is 17.3 Å². The zero-order chi connectivity index (χ0) is 19.0. The van der Waals surface area contributed by atoms with Gasteiger partial charge >= 0.3 is 11.9 Å². The first-order valence-electron chi connectivity index (χ1n) is 8.95. The van der Waals surface area contributed by atoms with Crippen molar-refractivity contribution in [3.8, 4) is 0 Å². The van der Waals surface area contributed by atoms with Crippen molar-refractivity contribution in [2.24, 2.45) is 16.7 Å². The van der Waals surface area contributed by atoms with Crippen molar-refractivity contribution in [3.63, 3.8) is 0 Å². The lowest BCUT2D eigenvalue weighted by Gasteiger charge is -2.27. The number of esters is 1. The normalized spacial score (nSPS) is 15.4. The molecule has 0 aliphatic carbocycles. The van der Waals surface area contributed by atoms with Gasteiger partial charge in [0, 0.05) is 0 Å². The molecule has 0 heterocycles. The lowest BCUT2D eigenvalue weighted by atomic mass is 9.77. The molecule has 0 rings (SSSR count). The summed E-state index contributed by atoms with van der Waals surface area (Å²) in [5, 5.41) is 9.57. The molecule has 0 aliphatic heterocycles. The Labute approximate surface area is 147 Å². The fourth-order valence-corrected chi connectivity index (χ4v) is 2.80. The average molecular weight is 341 g/mol. The van der Waals surface area contributed by atoms with E-state index in [0.29, 0.717) is 18.3 Å². The highest BCUT2D eigenvalue weighted by Gasteiger charge is 2.36. The van der Waals surface area contributed by atoms with Crippen LogP contribution in [-0.2, 0) is 14.3 Å². The van der Waals surface area contributed by atoms with E-state index >= 15 is 0 Å². The van der Waals surface area contributed by atoms with Crippen molar-refractivity contribution in [1.29, 1.82) is 0 Å². The predicted octanol–water partition coefficient (Wildman–Crippen LogP) is 5.22. The molecule has 0 radical (unpaired) electrons. The molecule has 0 bridgehead atoms. The molecule has 0 aromatic rings. The van der Waals surface area contributed by atoms with Gasteiger partial charge in [0.25, 0.3) is 0 Å². The lowest BCUT2D eigenvalue weighted by molar-refractivity contribution is -0.152. The molecule has 0 spiro atoms. The van der Waals surface area contributed by atoms with E-state index in [0.717, 1.165) is 32.1 Å². The number of methoxy groups -OCH3 is 1. The van der Waals surface area contributed by atoms with Gasteiger partial charge in [-0.1, -0.05) is 46.3 Å². The molecule has 0 fully saturated rings. The van der Waals surface area contributed by atoms with Gasteiger partial charge < -0.3 is 9.84 Å². The molecule has 0 amide bonds. The number of aliphatic carboxylic acids is 1. The van der Waals surface area contributed by atoms with Crippen LogP contribution in [0, 0.1) is 16.7 Å². The molecule has 0 saturated heterocycles. The number of hydrogen-bond acceptors (Lipinski definition) is 3. The topological polar surface area (TPSA) is 63.6 Å². The smallest absolute Gasteiger partial charge is 0.309 e. The first-order valence-corrected chi connectivity index (χ1v) is 8.95. The van der Waals surface area contributed by atoms with E-state index in [1.807, 2.05) is 0 Å². The average Bonchev–Trinajstić information content (AvgIpc) is 2.51. The van der Waals surface area contributed by atoms with E-state index in [1.165, 1.54) is 12.7 Å². The summed E-state index contributed by atoms with van der Waals surface area (Å²) in [6.07, 6.45) is 5.70. The van der Waals surface area contributed by atoms with Gasteiger partial charge in [-0.05, 0) is 50.9 Å². The van der Waals surface area contributed by atoms with Crippen molar-refractivity contribution < 1.29 is 19.4 Å². The zero-order valence-corrected chi connectivity index (χ0v) is 16.4. The monoisotopic (exact) mass is 340 g/mol.